The fraction of sp³-hybridized carbons (Fsp3) is 0.143. The number of para-hydroxylation sites is 1. The molecule has 0 amide bonds. The lowest BCUT2D eigenvalue weighted by Crippen LogP contribution is -1.99. The molecule has 0 aliphatic heterocycles. The first-order chi connectivity index (χ1) is 8.76. The van der Waals surface area contributed by atoms with Gasteiger partial charge in [-0.2, -0.15) is 5.26 Å². The number of nitrogen functional groups attached to an aromatic ring is 1. The predicted octanol–water partition coefficient (Wildman–Crippen LogP) is 2.89. The molecular formula is C14H13N3O. The van der Waals surface area contributed by atoms with Crippen LogP contribution in [0, 0.1) is 11.3 Å². The lowest BCUT2D eigenvalue weighted by atomic mass is 10.1. The van der Waals surface area contributed by atoms with Crippen molar-refractivity contribution in [3.8, 4) is 17.7 Å². The Morgan fingerprint density at radius 1 is 1.33 bits per heavy atom. The highest BCUT2D eigenvalue weighted by atomic mass is 16.5. The van der Waals surface area contributed by atoms with E-state index in [9.17, 15) is 0 Å². The van der Waals surface area contributed by atoms with Crippen molar-refractivity contribution in [2.75, 3.05) is 5.73 Å². The molecule has 1 aromatic heterocycles. The number of aryl methyl sites for hydroxylation is 1. The summed E-state index contributed by atoms with van der Waals surface area (Å²) in [5.74, 6) is 0.990. The smallest absolute Gasteiger partial charge is 0.244 e. The Kier molecular flexibility index (Phi) is 3.44. The van der Waals surface area contributed by atoms with Crippen LogP contribution in [-0.2, 0) is 6.42 Å². The number of nitrogens with zero attached hydrogens (tertiary/aromatic N) is 2. The molecule has 18 heavy (non-hydrogen) atoms. The Hall–Kier alpha value is -2.54. The van der Waals surface area contributed by atoms with Gasteiger partial charge in [-0.1, -0.05) is 25.1 Å². The molecule has 4 heteroatoms. The number of hydrogen-bond donors (Lipinski definition) is 1. The van der Waals surface area contributed by atoms with Crippen LogP contribution in [0.15, 0.2) is 36.5 Å². The Balaban J connectivity index is 2.38. The summed E-state index contributed by atoms with van der Waals surface area (Å²) >= 11 is 0. The molecule has 0 fully saturated rings. The zero-order valence-electron chi connectivity index (χ0n) is 10.1. The first-order valence-corrected chi connectivity index (χ1v) is 5.66. The second-order valence-corrected chi connectivity index (χ2v) is 3.75. The highest BCUT2D eigenvalue weighted by Gasteiger charge is 2.09. The number of benzene rings is 1. The van der Waals surface area contributed by atoms with E-state index in [2.05, 4.69) is 4.98 Å². The zero-order valence-corrected chi connectivity index (χ0v) is 10.1. The monoisotopic (exact) mass is 239 g/mol. The molecule has 0 unspecified atom stereocenters. The molecule has 2 N–H and O–H groups in total. The van der Waals surface area contributed by atoms with Crippen LogP contribution in [0.3, 0.4) is 0 Å². The summed E-state index contributed by atoms with van der Waals surface area (Å²) < 4.78 is 5.69. The molecular weight excluding hydrogens is 226 g/mol. The first-order valence-electron chi connectivity index (χ1n) is 5.66. The van der Waals surface area contributed by atoms with E-state index in [1.807, 2.05) is 37.3 Å². The fourth-order valence-electron chi connectivity index (χ4n) is 1.63. The Morgan fingerprint density at radius 3 is 2.83 bits per heavy atom. The van der Waals surface area contributed by atoms with E-state index in [0.717, 1.165) is 12.0 Å². The molecule has 1 heterocycles. The number of rotatable bonds is 3. The van der Waals surface area contributed by atoms with Crippen molar-refractivity contribution in [2.45, 2.75) is 13.3 Å². The second-order valence-electron chi connectivity index (χ2n) is 3.75. The largest absolute Gasteiger partial charge is 0.437 e. The molecule has 0 saturated heterocycles. The van der Waals surface area contributed by atoms with E-state index in [1.54, 1.807) is 6.07 Å². The number of aromatic nitrogens is 1. The van der Waals surface area contributed by atoms with E-state index in [1.165, 1.54) is 6.20 Å². The van der Waals surface area contributed by atoms with Gasteiger partial charge < -0.3 is 10.5 Å². The zero-order chi connectivity index (χ0) is 13.0. The number of pyridine rings is 1. The molecule has 90 valence electrons. The van der Waals surface area contributed by atoms with Crippen molar-refractivity contribution in [2.24, 2.45) is 0 Å². The lowest BCUT2D eigenvalue weighted by molar-refractivity contribution is 0.460. The first kappa shape index (κ1) is 11.9. The minimum Gasteiger partial charge on any atom is -0.437 e. The third kappa shape index (κ3) is 2.25. The van der Waals surface area contributed by atoms with Crippen LogP contribution in [0.2, 0.25) is 0 Å². The molecule has 2 rings (SSSR count). The van der Waals surface area contributed by atoms with Gasteiger partial charge in [-0.15, -0.1) is 0 Å². The molecule has 0 bridgehead atoms. The van der Waals surface area contributed by atoms with Crippen molar-refractivity contribution >= 4 is 5.69 Å². The van der Waals surface area contributed by atoms with Crippen LogP contribution in [0.1, 0.15) is 18.1 Å². The molecule has 0 saturated carbocycles. The summed E-state index contributed by atoms with van der Waals surface area (Å²) in [4.78, 5) is 4.06. The quantitative estimate of drug-likeness (QED) is 0.893. The molecule has 4 nitrogen and oxygen atoms in total. The third-order valence-corrected chi connectivity index (χ3v) is 2.63. The highest BCUT2D eigenvalue weighted by Crippen LogP contribution is 2.29. The van der Waals surface area contributed by atoms with Crippen LogP contribution in [0.4, 0.5) is 5.69 Å². The molecule has 0 atom stereocenters. The van der Waals surface area contributed by atoms with Gasteiger partial charge >= 0.3 is 0 Å². The van der Waals surface area contributed by atoms with E-state index >= 15 is 0 Å². The normalized spacial score (nSPS) is 9.78. The summed E-state index contributed by atoms with van der Waals surface area (Å²) in [6.07, 6.45) is 2.37. The van der Waals surface area contributed by atoms with Crippen molar-refractivity contribution in [3.05, 3.63) is 47.7 Å². The van der Waals surface area contributed by atoms with Gasteiger partial charge in [0.2, 0.25) is 5.88 Å². The van der Waals surface area contributed by atoms with Gasteiger partial charge in [-0.25, -0.2) is 4.98 Å². The molecule has 0 spiro atoms. The van der Waals surface area contributed by atoms with Crippen molar-refractivity contribution in [1.29, 1.82) is 5.26 Å². The maximum Gasteiger partial charge on any atom is 0.244 e. The van der Waals surface area contributed by atoms with E-state index in [0.29, 0.717) is 11.3 Å². The fourth-order valence-corrected chi connectivity index (χ4v) is 1.63. The average molecular weight is 239 g/mol. The van der Waals surface area contributed by atoms with Gasteiger partial charge in [0.1, 0.15) is 17.5 Å². The van der Waals surface area contributed by atoms with Crippen LogP contribution in [0.25, 0.3) is 0 Å². The summed E-state index contributed by atoms with van der Waals surface area (Å²) in [5.41, 5.74) is 7.53. The number of nitrogens with two attached hydrogens (primary N) is 1. The Bertz CT molecular complexity index is 602. The van der Waals surface area contributed by atoms with Gasteiger partial charge in [0, 0.05) is 6.20 Å². The number of hydrogen-bond acceptors (Lipinski definition) is 4. The minimum atomic E-state index is 0.269. The average Bonchev–Trinajstić information content (AvgIpc) is 2.42. The van der Waals surface area contributed by atoms with Gasteiger partial charge in [0.25, 0.3) is 0 Å². The van der Waals surface area contributed by atoms with Crippen molar-refractivity contribution in [3.63, 3.8) is 0 Å². The summed E-state index contributed by atoms with van der Waals surface area (Å²) in [6, 6.07) is 11.3. The van der Waals surface area contributed by atoms with Crippen molar-refractivity contribution in [1.82, 2.24) is 4.98 Å². The maximum absolute atomic E-state index is 8.90. The van der Waals surface area contributed by atoms with E-state index in [-0.39, 0.29) is 11.6 Å². The Labute approximate surface area is 106 Å². The second kappa shape index (κ2) is 5.19. The SMILES string of the molecule is CCc1ccccc1Oc1nccc(C#N)c1N. The lowest BCUT2D eigenvalue weighted by Gasteiger charge is -2.10. The molecule has 0 aliphatic rings. The van der Waals surface area contributed by atoms with Gasteiger partial charge in [0.05, 0.1) is 5.56 Å². The van der Waals surface area contributed by atoms with Crippen LogP contribution in [0.5, 0.6) is 11.6 Å². The van der Waals surface area contributed by atoms with Crippen LogP contribution >= 0.6 is 0 Å². The minimum absolute atomic E-state index is 0.269. The third-order valence-electron chi connectivity index (χ3n) is 2.63. The van der Waals surface area contributed by atoms with E-state index < -0.39 is 0 Å². The van der Waals surface area contributed by atoms with Gasteiger partial charge in [-0.3, -0.25) is 0 Å². The van der Waals surface area contributed by atoms with Crippen LogP contribution in [-0.4, -0.2) is 4.98 Å². The highest BCUT2D eigenvalue weighted by molar-refractivity contribution is 5.60. The number of ether oxygens (including phenoxy) is 1. The molecule has 2 aromatic rings. The van der Waals surface area contributed by atoms with Crippen LogP contribution < -0.4 is 10.5 Å². The maximum atomic E-state index is 8.90. The summed E-state index contributed by atoms with van der Waals surface area (Å²) in [7, 11) is 0. The predicted molar refractivity (Wildman–Crippen MR) is 69.3 cm³/mol. The topological polar surface area (TPSA) is 71.9 Å². The Morgan fingerprint density at radius 2 is 2.11 bits per heavy atom. The van der Waals surface area contributed by atoms with Gasteiger partial charge in [0.15, 0.2) is 0 Å². The standard InChI is InChI=1S/C14H13N3O/c1-2-10-5-3-4-6-12(10)18-14-13(16)11(9-15)7-8-17-14/h3-8H,2,16H2,1H3. The van der Waals surface area contributed by atoms with Crippen molar-refractivity contribution < 1.29 is 4.74 Å². The summed E-state index contributed by atoms with van der Waals surface area (Å²) in [5, 5.41) is 8.90. The van der Waals surface area contributed by atoms with Gasteiger partial charge in [-0.05, 0) is 24.1 Å². The molecule has 0 aliphatic carbocycles. The molecule has 0 radical (unpaired) electrons. The number of anilines is 1. The van der Waals surface area contributed by atoms with E-state index in [4.69, 9.17) is 15.7 Å². The summed E-state index contributed by atoms with van der Waals surface area (Å²) in [6.45, 7) is 2.05. The molecule has 1 aromatic carbocycles. The number of nitriles is 1.